The third kappa shape index (κ3) is 5.66. The zero-order valence-corrected chi connectivity index (χ0v) is 16.9. The van der Waals surface area contributed by atoms with Crippen molar-refractivity contribution in [1.82, 2.24) is 0 Å². The molecule has 0 amide bonds. The lowest BCUT2D eigenvalue weighted by Crippen LogP contribution is -2.25. The monoisotopic (exact) mass is 385 g/mol. The van der Waals surface area contributed by atoms with Crippen molar-refractivity contribution in [1.29, 1.82) is 5.26 Å². The van der Waals surface area contributed by atoms with Gasteiger partial charge in [-0.3, -0.25) is 0 Å². The Hall–Kier alpha value is -1.69. The topological polar surface area (TPSA) is 23.8 Å². The van der Waals surface area contributed by atoms with E-state index in [9.17, 15) is 8.78 Å². The second-order valence-electron chi connectivity index (χ2n) is 8.89. The zero-order valence-electron chi connectivity index (χ0n) is 16.9. The van der Waals surface area contributed by atoms with Gasteiger partial charge in [-0.2, -0.15) is 5.26 Å². The Bertz CT molecular complexity index is 674. The second kappa shape index (κ2) is 10.7. The molecule has 152 valence electrons. The molecule has 1 aromatic rings. The smallest absolute Gasteiger partial charge is 0.141 e. The highest BCUT2D eigenvalue weighted by molar-refractivity contribution is 5.34. The Morgan fingerprint density at radius 2 is 1.64 bits per heavy atom. The van der Waals surface area contributed by atoms with Crippen molar-refractivity contribution in [3.63, 3.8) is 0 Å². The molecule has 1 aromatic carbocycles. The molecule has 2 fully saturated rings. The van der Waals surface area contributed by atoms with Gasteiger partial charge in [-0.1, -0.05) is 37.8 Å². The summed E-state index contributed by atoms with van der Waals surface area (Å²) in [5.41, 5.74) is 1.22. The van der Waals surface area contributed by atoms with Crippen molar-refractivity contribution in [2.45, 2.75) is 83.0 Å². The molecule has 0 radical (unpaired) electrons. The molecule has 3 heteroatoms. The first-order valence-electron chi connectivity index (χ1n) is 11.2. The lowest BCUT2D eigenvalue weighted by atomic mass is 9.68. The third-order valence-electron chi connectivity index (χ3n) is 7.24. The normalized spacial score (nSPS) is 28.3. The number of unbranched alkanes of at least 4 members (excludes halogenated alkanes) is 2. The number of allylic oxidation sites excluding steroid dienone is 1. The van der Waals surface area contributed by atoms with E-state index in [2.05, 4.69) is 0 Å². The summed E-state index contributed by atoms with van der Waals surface area (Å²) in [5, 5.41) is 8.89. The maximum absolute atomic E-state index is 13.9. The quantitative estimate of drug-likeness (QED) is 0.439. The minimum absolute atomic E-state index is 0.146. The Morgan fingerprint density at radius 3 is 2.25 bits per heavy atom. The molecule has 0 saturated heterocycles. The fraction of sp³-hybridized carbons (Fsp3) is 0.640. The number of benzene rings is 1. The summed E-state index contributed by atoms with van der Waals surface area (Å²) in [7, 11) is 0. The highest BCUT2D eigenvalue weighted by atomic mass is 19.1. The van der Waals surface area contributed by atoms with Gasteiger partial charge in [0, 0.05) is 0 Å². The second-order valence-corrected chi connectivity index (χ2v) is 8.89. The van der Waals surface area contributed by atoms with Gasteiger partial charge in [-0.15, -0.1) is 0 Å². The van der Waals surface area contributed by atoms with Crippen LogP contribution in [0.25, 0.3) is 0 Å². The van der Waals surface area contributed by atoms with Crippen molar-refractivity contribution in [3.05, 3.63) is 47.5 Å². The fourth-order valence-electron chi connectivity index (χ4n) is 5.51. The first kappa shape index (κ1) is 21.0. The highest BCUT2D eigenvalue weighted by Gasteiger charge is 2.31. The molecule has 0 heterocycles. The molecule has 0 atom stereocenters. The third-order valence-corrected chi connectivity index (χ3v) is 7.24. The molecule has 0 N–H and O–H groups in total. The van der Waals surface area contributed by atoms with Gasteiger partial charge in [0.15, 0.2) is 0 Å². The summed E-state index contributed by atoms with van der Waals surface area (Å²) in [6.07, 6.45) is 17.1. The minimum atomic E-state index is -0.374. The average molecular weight is 386 g/mol. The van der Waals surface area contributed by atoms with Crippen LogP contribution in [-0.2, 0) is 0 Å². The molecule has 1 nitrogen and oxygen atoms in total. The van der Waals surface area contributed by atoms with Crippen molar-refractivity contribution in [2.24, 2.45) is 17.8 Å². The van der Waals surface area contributed by atoms with Crippen LogP contribution in [0.15, 0.2) is 30.6 Å². The summed E-state index contributed by atoms with van der Waals surface area (Å²) in [6.45, 7) is 0. The molecule has 28 heavy (non-hydrogen) atoms. The van der Waals surface area contributed by atoms with E-state index in [1.807, 2.05) is 12.1 Å². The predicted octanol–water partition coefficient (Wildman–Crippen LogP) is 7.82. The van der Waals surface area contributed by atoms with Gasteiger partial charge >= 0.3 is 0 Å². The number of hydrogen-bond acceptors (Lipinski definition) is 1. The SMILES string of the molecule is N#Cc1ccc([C@H]2CC[C@H]([C@H]3CC[C@H](CCCC/C=C/F)CC3)CC2)cc1F. The van der Waals surface area contributed by atoms with Crippen molar-refractivity contribution < 1.29 is 8.78 Å². The van der Waals surface area contributed by atoms with Crippen molar-refractivity contribution in [2.75, 3.05) is 0 Å². The van der Waals surface area contributed by atoms with Crippen LogP contribution in [0.3, 0.4) is 0 Å². The molecular formula is C25H33F2N. The number of nitrogens with zero attached hydrogens (tertiary/aromatic N) is 1. The van der Waals surface area contributed by atoms with Gasteiger partial charge in [0.1, 0.15) is 11.9 Å². The van der Waals surface area contributed by atoms with Gasteiger partial charge < -0.3 is 0 Å². The Morgan fingerprint density at radius 1 is 0.964 bits per heavy atom. The van der Waals surface area contributed by atoms with Gasteiger partial charge in [-0.25, -0.2) is 8.78 Å². The molecule has 0 aromatic heterocycles. The molecule has 0 unspecified atom stereocenters. The standard InChI is InChI=1S/C25H33F2N/c26-16-4-2-1-3-5-19-6-8-20(9-7-19)21-10-12-22(13-11-21)23-14-15-24(18-28)25(27)17-23/h4,14-17,19-22H,1-3,5-13H2/b16-4+/t19-,20-,21-,22-. The summed E-state index contributed by atoms with van der Waals surface area (Å²) < 4.78 is 25.9. The van der Waals surface area contributed by atoms with Crippen LogP contribution in [0, 0.1) is 34.9 Å². The fourth-order valence-corrected chi connectivity index (χ4v) is 5.51. The van der Waals surface area contributed by atoms with Crippen molar-refractivity contribution in [3.8, 4) is 6.07 Å². The van der Waals surface area contributed by atoms with E-state index in [1.54, 1.807) is 18.2 Å². The van der Waals surface area contributed by atoms with Crippen LogP contribution >= 0.6 is 0 Å². The maximum atomic E-state index is 13.9. The average Bonchev–Trinajstić information content (AvgIpc) is 2.74. The van der Waals surface area contributed by atoms with Gasteiger partial charge in [0.25, 0.3) is 0 Å². The largest absolute Gasteiger partial charge is 0.216 e. The van der Waals surface area contributed by atoms with Crippen LogP contribution in [0.4, 0.5) is 8.78 Å². The van der Waals surface area contributed by atoms with E-state index in [4.69, 9.17) is 5.26 Å². The molecular weight excluding hydrogens is 352 g/mol. The van der Waals surface area contributed by atoms with E-state index in [1.165, 1.54) is 51.4 Å². The molecule has 3 rings (SSSR count). The predicted molar refractivity (Wildman–Crippen MR) is 110 cm³/mol. The van der Waals surface area contributed by atoms with E-state index in [0.29, 0.717) is 12.2 Å². The molecule has 0 bridgehead atoms. The molecule has 0 aliphatic heterocycles. The lowest BCUT2D eigenvalue weighted by Gasteiger charge is -2.38. The first-order valence-corrected chi connectivity index (χ1v) is 11.2. The van der Waals surface area contributed by atoms with Gasteiger partial charge in [0.05, 0.1) is 11.9 Å². The molecule has 2 saturated carbocycles. The lowest BCUT2D eigenvalue weighted by molar-refractivity contribution is 0.155. The Kier molecular flexibility index (Phi) is 8.07. The number of rotatable bonds is 7. The van der Waals surface area contributed by atoms with E-state index < -0.39 is 0 Å². The Labute approximate surface area is 168 Å². The van der Waals surface area contributed by atoms with E-state index in [0.717, 1.165) is 49.0 Å². The summed E-state index contributed by atoms with van der Waals surface area (Å²) in [6, 6.07) is 7.07. The maximum Gasteiger partial charge on any atom is 0.141 e. The van der Waals surface area contributed by atoms with E-state index >= 15 is 0 Å². The number of halogens is 2. The molecule has 0 spiro atoms. The van der Waals surface area contributed by atoms with Crippen LogP contribution in [-0.4, -0.2) is 0 Å². The van der Waals surface area contributed by atoms with E-state index in [-0.39, 0.29) is 11.4 Å². The van der Waals surface area contributed by atoms with Crippen LogP contribution < -0.4 is 0 Å². The Balaban J connectivity index is 1.39. The van der Waals surface area contributed by atoms with Crippen LogP contribution in [0.1, 0.15) is 94.1 Å². The minimum Gasteiger partial charge on any atom is -0.216 e. The summed E-state index contributed by atoms with van der Waals surface area (Å²) in [4.78, 5) is 0. The van der Waals surface area contributed by atoms with Gasteiger partial charge in [-0.05, 0) is 92.7 Å². The first-order chi connectivity index (χ1) is 13.7. The van der Waals surface area contributed by atoms with Crippen molar-refractivity contribution >= 4 is 0 Å². The highest BCUT2D eigenvalue weighted by Crippen LogP contribution is 2.44. The summed E-state index contributed by atoms with van der Waals surface area (Å²) in [5.74, 6) is 2.68. The van der Waals surface area contributed by atoms with Crippen LogP contribution in [0.2, 0.25) is 0 Å². The molecule has 2 aliphatic carbocycles. The number of nitriles is 1. The summed E-state index contributed by atoms with van der Waals surface area (Å²) >= 11 is 0. The number of hydrogen-bond donors (Lipinski definition) is 0. The van der Waals surface area contributed by atoms with Crippen LogP contribution in [0.5, 0.6) is 0 Å². The van der Waals surface area contributed by atoms with Gasteiger partial charge in [0.2, 0.25) is 0 Å². The molecule has 2 aliphatic rings. The zero-order chi connectivity index (χ0) is 19.8.